The first-order valence-corrected chi connectivity index (χ1v) is 5.91. The van der Waals surface area contributed by atoms with E-state index in [0.29, 0.717) is 24.8 Å². The first-order chi connectivity index (χ1) is 7.92. The summed E-state index contributed by atoms with van der Waals surface area (Å²) >= 11 is 0. The van der Waals surface area contributed by atoms with Crippen molar-refractivity contribution in [2.75, 3.05) is 13.2 Å². The minimum absolute atomic E-state index is 0.313. The summed E-state index contributed by atoms with van der Waals surface area (Å²) in [6.07, 6.45) is 1.39. The van der Waals surface area contributed by atoms with Crippen LogP contribution in [0, 0.1) is 0 Å². The maximum Gasteiger partial charge on any atom is 0.0770 e. The quantitative estimate of drug-likeness (QED) is 0.832. The zero-order valence-corrected chi connectivity index (χ0v) is 9.26. The molecule has 0 saturated carbocycles. The van der Waals surface area contributed by atoms with E-state index in [1.807, 2.05) is 18.2 Å². The summed E-state index contributed by atoms with van der Waals surface area (Å²) in [7, 11) is 0. The number of nitrogens with one attached hydrogen (secondary N) is 1. The summed E-state index contributed by atoms with van der Waals surface area (Å²) in [4.78, 5) is 0. The molecular formula is C13H17NO2. The monoisotopic (exact) mass is 219 g/mol. The van der Waals surface area contributed by atoms with Gasteiger partial charge in [-0.05, 0) is 12.0 Å². The molecular weight excluding hydrogens is 202 g/mol. The molecule has 86 valence electrons. The van der Waals surface area contributed by atoms with Gasteiger partial charge in [-0.15, -0.1) is 0 Å². The van der Waals surface area contributed by atoms with Crippen molar-refractivity contribution in [2.45, 2.75) is 31.2 Å². The molecule has 2 fully saturated rings. The van der Waals surface area contributed by atoms with Crippen LogP contribution in [-0.2, 0) is 16.1 Å². The molecule has 3 rings (SSSR count). The van der Waals surface area contributed by atoms with Gasteiger partial charge in [0.15, 0.2) is 0 Å². The third-order valence-corrected chi connectivity index (χ3v) is 3.34. The lowest BCUT2D eigenvalue weighted by atomic mass is 10.1. The molecule has 3 atom stereocenters. The molecule has 0 aromatic heterocycles. The molecule has 0 spiro atoms. The smallest absolute Gasteiger partial charge is 0.0770 e. The third-order valence-electron chi connectivity index (χ3n) is 3.34. The van der Waals surface area contributed by atoms with Crippen LogP contribution >= 0.6 is 0 Å². The third kappa shape index (κ3) is 2.12. The molecule has 0 aliphatic carbocycles. The van der Waals surface area contributed by atoms with E-state index in [4.69, 9.17) is 9.47 Å². The second-order valence-corrected chi connectivity index (χ2v) is 4.58. The minimum Gasteiger partial charge on any atom is -0.378 e. The van der Waals surface area contributed by atoms with Crippen LogP contribution in [0.3, 0.4) is 0 Å². The van der Waals surface area contributed by atoms with Crippen LogP contribution in [0.1, 0.15) is 12.0 Å². The van der Waals surface area contributed by atoms with Crippen LogP contribution in [0.15, 0.2) is 30.3 Å². The van der Waals surface area contributed by atoms with Crippen LogP contribution in [0.5, 0.6) is 0 Å². The van der Waals surface area contributed by atoms with Gasteiger partial charge in [0.2, 0.25) is 0 Å². The Morgan fingerprint density at radius 1 is 1.25 bits per heavy atom. The number of hydrogen-bond acceptors (Lipinski definition) is 3. The van der Waals surface area contributed by atoms with Gasteiger partial charge < -0.3 is 14.8 Å². The lowest BCUT2D eigenvalue weighted by Crippen LogP contribution is -2.44. The van der Waals surface area contributed by atoms with E-state index in [-0.39, 0.29) is 0 Å². The van der Waals surface area contributed by atoms with Crippen LogP contribution < -0.4 is 5.32 Å². The van der Waals surface area contributed by atoms with Gasteiger partial charge in [0.05, 0.1) is 32.0 Å². The van der Waals surface area contributed by atoms with Gasteiger partial charge in [0, 0.05) is 6.04 Å². The summed E-state index contributed by atoms with van der Waals surface area (Å²) in [6.45, 7) is 2.33. The maximum absolute atomic E-state index is 5.96. The van der Waals surface area contributed by atoms with E-state index in [1.165, 1.54) is 5.56 Å². The Hall–Kier alpha value is -0.900. The summed E-state index contributed by atoms with van der Waals surface area (Å²) in [6, 6.07) is 11.2. The molecule has 0 unspecified atom stereocenters. The molecule has 2 heterocycles. The van der Waals surface area contributed by atoms with Crippen LogP contribution in [0.4, 0.5) is 0 Å². The Kier molecular flexibility index (Phi) is 2.91. The van der Waals surface area contributed by atoms with Gasteiger partial charge in [0.1, 0.15) is 0 Å². The SMILES string of the molecule is c1ccc(CO[C@@H]2C[C@H]3COC[C@@H]2N3)cc1. The van der Waals surface area contributed by atoms with Crippen molar-refractivity contribution in [2.24, 2.45) is 0 Å². The van der Waals surface area contributed by atoms with E-state index in [1.54, 1.807) is 0 Å². The van der Waals surface area contributed by atoms with Gasteiger partial charge in [-0.3, -0.25) is 0 Å². The highest BCUT2D eigenvalue weighted by Crippen LogP contribution is 2.22. The van der Waals surface area contributed by atoms with Gasteiger partial charge in [-0.1, -0.05) is 30.3 Å². The molecule has 3 nitrogen and oxygen atoms in total. The van der Waals surface area contributed by atoms with Gasteiger partial charge in [-0.2, -0.15) is 0 Å². The first kappa shape index (κ1) is 10.3. The van der Waals surface area contributed by atoms with Crippen molar-refractivity contribution >= 4 is 0 Å². The average Bonchev–Trinajstić information content (AvgIpc) is 2.63. The standard InChI is InChI=1S/C13H17NO2/c1-2-4-10(5-3-1)7-16-13-6-11-8-15-9-12(13)14-11/h1-5,11-14H,6-9H2/t11-,12-,13+/m0/s1. The normalized spacial score (nSPS) is 32.9. The number of rotatable bonds is 3. The van der Waals surface area contributed by atoms with E-state index in [9.17, 15) is 0 Å². The highest BCUT2D eigenvalue weighted by Gasteiger charge is 2.37. The second-order valence-electron chi connectivity index (χ2n) is 4.58. The summed E-state index contributed by atoms with van der Waals surface area (Å²) in [5.74, 6) is 0. The zero-order valence-electron chi connectivity index (χ0n) is 9.26. The maximum atomic E-state index is 5.96. The summed E-state index contributed by atoms with van der Waals surface area (Å²) in [5.41, 5.74) is 1.24. The molecule has 2 aliphatic heterocycles. The fourth-order valence-electron chi connectivity index (χ4n) is 2.49. The van der Waals surface area contributed by atoms with Crippen molar-refractivity contribution in [3.8, 4) is 0 Å². The summed E-state index contributed by atoms with van der Waals surface area (Å²) in [5, 5.41) is 3.53. The van der Waals surface area contributed by atoms with Crippen molar-refractivity contribution in [3.63, 3.8) is 0 Å². The molecule has 2 bridgehead atoms. The Morgan fingerprint density at radius 3 is 2.94 bits per heavy atom. The number of hydrogen-bond donors (Lipinski definition) is 1. The minimum atomic E-state index is 0.313. The first-order valence-electron chi connectivity index (χ1n) is 5.91. The Labute approximate surface area is 95.8 Å². The van der Waals surface area contributed by atoms with E-state index >= 15 is 0 Å². The Balaban J connectivity index is 1.56. The molecule has 0 amide bonds. The van der Waals surface area contributed by atoms with Crippen molar-refractivity contribution < 1.29 is 9.47 Å². The molecule has 1 N–H and O–H groups in total. The van der Waals surface area contributed by atoms with Gasteiger partial charge in [0.25, 0.3) is 0 Å². The molecule has 2 saturated heterocycles. The number of ether oxygens (including phenoxy) is 2. The fraction of sp³-hybridized carbons (Fsp3) is 0.538. The second kappa shape index (κ2) is 4.53. The molecule has 0 radical (unpaired) electrons. The van der Waals surface area contributed by atoms with E-state index < -0.39 is 0 Å². The summed E-state index contributed by atoms with van der Waals surface area (Å²) < 4.78 is 11.5. The van der Waals surface area contributed by atoms with Crippen LogP contribution in [0.25, 0.3) is 0 Å². The van der Waals surface area contributed by atoms with Crippen molar-refractivity contribution in [3.05, 3.63) is 35.9 Å². The van der Waals surface area contributed by atoms with Crippen molar-refractivity contribution in [1.82, 2.24) is 5.32 Å². The molecule has 16 heavy (non-hydrogen) atoms. The topological polar surface area (TPSA) is 30.5 Å². The zero-order chi connectivity index (χ0) is 10.8. The Bertz CT molecular complexity index is 341. The Morgan fingerprint density at radius 2 is 2.12 bits per heavy atom. The van der Waals surface area contributed by atoms with Gasteiger partial charge in [-0.25, -0.2) is 0 Å². The van der Waals surface area contributed by atoms with E-state index in [2.05, 4.69) is 17.4 Å². The average molecular weight is 219 g/mol. The predicted octanol–water partition coefficient (Wildman–Crippen LogP) is 1.33. The van der Waals surface area contributed by atoms with Gasteiger partial charge >= 0.3 is 0 Å². The highest BCUT2D eigenvalue weighted by atomic mass is 16.5. The lowest BCUT2D eigenvalue weighted by Gasteiger charge is -2.23. The van der Waals surface area contributed by atoms with Crippen LogP contribution in [0.2, 0.25) is 0 Å². The molecule has 3 heteroatoms. The molecule has 1 aromatic carbocycles. The van der Waals surface area contributed by atoms with E-state index in [0.717, 1.165) is 19.6 Å². The highest BCUT2D eigenvalue weighted by molar-refractivity contribution is 5.13. The molecule has 1 aromatic rings. The molecule has 2 aliphatic rings. The predicted molar refractivity (Wildman–Crippen MR) is 61.2 cm³/mol. The fourth-order valence-corrected chi connectivity index (χ4v) is 2.49. The van der Waals surface area contributed by atoms with Crippen LogP contribution in [-0.4, -0.2) is 31.4 Å². The largest absolute Gasteiger partial charge is 0.378 e. The number of fused-ring (bicyclic) bond motifs is 2. The lowest BCUT2D eigenvalue weighted by molar-refractivity contribution is 0.00801. The number of benzene rings is 1. The number of morpholine rings is 1. The van der Waals surface area contributed by atoms with Crippen molar-refractivity contribution in [1.29, 1.82) is 0 Å².